The molecule has 0 radical (unpaired) electrons. The van der Waals surface area contributed by atoms with Crippen LogP contribution in [0.1, 0.15) is 42.6 Å². The average Bonchev–Trinajstić information content (AvgIpc) is 2.87. The Bertz CT molecular complexity index is 1400. The number of amides is 1. The van der Waals surface area contributed by atoms with Gasteiger partial charge in [-0.15, -0.1) is 0 Å². The Morgan fingerprint density at radius 3 is 2.42 bits per heavy atom. The van der Waals surface area contributed by atoms with Crippen molar-refractivity contribution in [1.29, 1.82) is 0 Å². The van der Waals surface area contributed by atoms with Crippen molar-refractivity contribution >= 4 is 38.6 Å². The monoisotopic (exact) mass is 543 g/mol. The predicted octanol–water partition coefficient (Wildman–Crippen LogP) is 4.61. The first-order chi connectivity index (χ1) is 18.0. The summed E-state index contributed by atoms with van der Waals surface area (Å²) in [6, 6.07) is 12.5. The molecule has 1 saturated heterocycles. The molecule has 38 heavy (non-hydrogen) atoms. The van der Waals surface area contributed by atoms with Gasteiger partial charge in [0.15, 0.2) is 9.84 Å². The van der Waals surface area contributed by atoms with Crippen LogP contribution in [0, 0.1) is 11.6 Å². The van der Waals surface area contributed by atoms with Crippen molar-refractivity contribution in [3.8, 4) is 0 Å². The minimum absolute atomic E-state index is 0.0659. The van der Waals surface area contributed by atoms with Crippen molar-refractivity contribution in [1.82, 2.24) is 4.98 Å². The highest BCUT2D eigenvalue weighted by Gasteiger charge is 2.32. The summed E-state index contributed by atoms with van der Waals surface area (Å²) in [6.07, 6.45) is 2.50. The number of primary amides is 1. The van der Waals surface area contributed by atoms with Crippen molar-refractivity contribution < 1.29 is 22.0 Å². The minimum Gasteiger partial charge on any atom is -0.380 e. The van der Waals surface area contributed by atoms with E-state index >= 15 is 0 Å². The fraction of sp³-hybridized carbons (Fsp3) is 0.333. The van der Waals surface area contributed by atoms with Gasteiger partial charge in [0.05, 0.1) is 21.8 Å². The lowest BCUT2D eigenvalue weighted by atomic mass is 10.1. The van der Waals surface area contributed by atoms with Crippen molar-refractivity contribution in [2.75, 3.05) is 28.6 Å². The van der Waals surface area contributed by atoms with Crippen LogP contribution in [-0.4, -0.2) is 42.9 Å². The number of pyridine rings is 1. The topological polar surface area (TPSA) is 117 Å². The molecular weight excluding hydrogens is 512 g/mol. The first-order valence-electron chi connectivity index (χ1n) is 12.4. The molecule has 0 atom stereocenters. The highest BCUT2D eigenvalue weighted by atomic mass is 32.2. The van der Waals surface area contributed by atoms with E-state index in [1.165, 1.54) is 18.3 Å². The van der Waals surface area contributed by atoms with Crippen molar-refractivity contribution in [3.05, 3.63) is 77.5 Å². The molecule has 0 spiro atoms. The van der Waals surface area contributed by atoms with Crippen LogP contribution in [0.15, 0.2) is 54.7 Å². The summed E-state index contributed by atoms with van der Waals surface area (Å²) < 4.78 is 52.2. The molecule has 0 unspecified atom stereocenters. The van der Waals surface area contributed by atoms with Gasteiger partial charge >= 0.3 is 0 Å². The zero-order chi connectivity index (χ0) is 27.4. The summed E-state index contributed by atoms with van der Waals surface area (Å²) in [5, 5.41) is 5.52. The summed E-state index contributed by atoms with van der Waals surface area (Å²) in [5.41, 5.74) is 8.06. The molecule has 0 saturated carbocycles. The van der Waals surface area contributed by atoms with Crippen molar-refractivity contribution in [2.45, 2.75) is 43.7 Å². The van der Waals surface area contributed by atoms with Gasteiger partial charge in [0, 0.05) is 49.3 Å². The number of carbonyl (C=O) groups is 1. The van der Waals surface area contributed by atoms with Crippen LogP contribution in [-0.2, 0) is 16.4 Å². The van der Waals surface area contributed by atoms with Gasteiger partial charge in [-0.1, -0.05) is 6.07 Å². The van der Waals surface area contributed by atoms with E-state index in [-0.39, 0.29) is 22.6 Å². The number of sulfone groups is 1. The molecular formula is C27H31F2N5O3S. The summed E-state index contributed by atoms with van der Waals surface area (Å²) >= 11 is 0. The molecule has 4 rings (SSSR count). The van der Waals surface area contributed by atoms with Gasteiger partial charge in [-0.2, -0.15) is 0 Å². The third-order valence-corrected chi connectivity index (χ3v) is 9.34. The molecule has 1 aliphatic heterocycles. The third-order valence-electron chi connectivity index (χ3n) is 6.62. The number of nitrogens with two attached hydrogens (primary N) is 1. The third kappa shape index (κ3) is 6.39. The lowest BCUT2D eigenvalue weighted by Crippen LogP contribution is -2.41. The van der Waals surface area contributed by atoms with Gasteiger partial charge in [-0.05, 0) is 62.6 Å². The quantitative estimate of drug-likeness (QED) is 0.361. The summed E-state index contributed by atoms with van der Waals surface area (Å²) in [4.78, 5) is 18.4. The second-order valence-corrected chi connectivity index (χ2v) is 12.4. The maximum atomic E-state index is 13.5. The number of benzene rings is 2. The zero-order valence-corrected chi connectivity index (χ0v) is 22.1. The molecule has 1 fully saturated rings. The summed E-state index contributed by atoms with van der Waals surface area (Å²) in [7, 11) is -3.12. The molecule has 0 bridgehead atoms. The van der Waals surface area contributed by atoms with E-state index in [9.17, 15) is 22.0 Å². The fourth-order valence-corrected chi connectivity index (χ4v) is 6.17. The van der Waals surface area contributed by atoms with E-state index in [1.54, 1.807) is 19.9 Å². The Labute approximate surface area is 221 Å². The second kappa shape index (κ2) is 11.3. The number of halogens is 2. The summed E-state index contributed by atoms with van der Waals surface area (Å²) in [6.45, 7) is 4.79. The van der Waals surface area contributed by atoms with Gasteiger partial charge in [0.1, 0.15) is 17.5 Å². The molecule has 11 heteroatoms. The molecule has 3 aromatic rings. The number of hydrogen-bond donors (Lipinski definition) is 3. The van der Waals surface area contributed by atoms with Gasteiger partial charge in [-0.25, -0.2) is 22.2 Å². The molecule has 4 N–H and O–H groups in total. The number of carbonyl (C=O) groups excluding carboxylic acids is 1. The maximum Gasteiger partial charge on any atom is 0.252 e. The van der Waals surface area contributed by atoms with E-state index < -0.39 is 27.4 Å². The fourth-order valence-electron chi connectivity index (χ4n) is 4.53. The molecule has 202 valence electrons. The Morgan fingerprint density at radius 1 is 1.11 bits per heavy atom. The van der Waals surface area contributed by atoms with E-state index in [1.807, 2.05) is 24.3 Å². The molecule has 1 aromatic heterocycles. The number of aromatic nitrogens is 1. The van der Waals surface area contributed by atoms with Crippen LogP contribution in [0.25, 0.3) is 0 Å². The number of nitrogens with zero attached hydrogens (tertiary/aromatic N) is 2. The van der Waals surface area contributed by atoms with E-state index in [4.69, 9.17) is 5.73 Å². The van der Waals surface area contributed by atoms with Crippen LogP contribution in [0.4, 0.5) is 31.7 Å². The number of nitrogens with one attached hydrogen (secondary N) is 2. The molecule has 0 aliphatic carbocycles. The number of piperidine rings is 1. The van der Waals surface area contributed by atoms with E-state index in [2.05, 4.69) is 20.5 Å². The Kier molecular flexibility index (Phi) is 8.15. The SMILES string of the molecule is CC(C)S(=O)(=O)C1CCN(c2cccc(Nc3cc(NCc4cc(F)cc(F)c4)c(C(N)=O)cn3)c2)CC1. The van der Waals surface area contributed by atoms with Crippen LogP contribution in [0.2, 0.25) is 0 Å². The van der Waals surface area contributed by atoms with Gasteiger partial charge in [-0.3, -0.25) is 4.79 Å². The standard InChI is InChI=1S/C27H31F2N5O3S/c1-17(2)38(36,37)23-6-8-34(9-7-23)22-5-3-4-21(13-22)33-26-14-25(24(16-32-26)27(30)35)31-15-18-10-19(28)12-20(29)11-18/h3-5,10-14,16-17,23H,6-9,15H2,1-2H3,(H2,30,35)(H2,31,32,33). The van der Waals surface area contributed by atoms with Gasteiger partial charge in [0.25, 0.3) is 5.91 Å². The second-order valence-electron chi connectivity index (χ2n) is 9.61. The van der Waals surface area contributed by atoms with Crippen molar-refractivity contribution in [3.63, 3.8) is 0 Å². The Hall–Kier alpha value is -3.73. The smallest absolute Gasteiger partial charge is 0.252 e. The van der Waals surface area contributed by atoms with Crippen LogP contribution in [0.3, 0.4) is 0 Å². The van der Waals surface area contributed by atoms with Crippen LogP contribution < -0.4 is 21.3 Å². The molecule has 2 heterocycles. The largest absolute Gasteiger partial charge is 0.380 e. The highest BCUT2D eigenvalue weighted by molar-refractivity contribution is 7.92. The van der Waals surface area contributed by atoms with Crippen LogP contribution >= 0.6 is 0 Å². The average molecular weight is 544 g/mol. The Morgan fingerprint density at radius 2 is 1.79 bits per heavy atom. The predicted molar refractivity (Wildman–Crippen MR) is 145 cm³/mol. The highest BCUT2D eigenvalue weighted by Crippen LogP contribution is 2.29. The van der Waals surface area contributed by atoms with Crippen LogP contribution in [0.5, 0.6) is 0 Å². The number of anilines is 4. The molecule has 1 aliphatic rings. The number of hydrogen-bond acceptors (Lipinski definition) is 7. The Balaban J connectivity index is 1.47. The molecule has 1 amide bonds. The zero-order valence-electron chi connectivity index (χ0n) is 21.2. The summed E-state index contributed by atoms with van der Waals surface area (Å²) in [5.74, 6) is -1.65. The lowest BCUT2D eigenvalue weighted by Gasteiger charge is -2.34. The lowest BCUT2D eigenvalue weighted by molar-refractivity contribution is 0.100. The van der Waals surface area contributed by atoms with Gasteiger partial charge in [0.2, 0.25) is 0 Å². The normalized spacial score (nSPS) is 14.5. The first-order valence-corrected chi connectivity index (χ1v) is 14.0. The molecule has 8 nitrogen and oxygen atoms in total. The molecule has 2 aromatic carbocycles. The number of rotatable bonds is 9. The minimum atomic E-state index is -3.12. The van der Waals surface area contributed by atoms with Gasteiger partial charge < -0.3 is 21.3 Å². The maximum absolute atomic E-state index is 13.5. The van der Waals surface area contributed by atoms with E-state index in [0.717, 1.165) is 17.4 Å². The van der Waals surface area contributed by atoms with Crippen molar-refractivity contribution in [2.24, 2.45) is 5.73 Å². The van der Waals surface area contributed by atoms with E-state index in [0.29, 0.717) is 43.0 Å². The first kappa shape index (κ1) is 27.3.